The Morgan fingerprint density at radius 1 is 0.0909 bits per heavy atom. The van der Waals surface area contributed by atoms with Crippen LogP contribution in [0.25, 0.3) is 0 Å². The van der Waals surface area contributed by atoms with Gasteiger partial charge in [0.25, 0.3) is 0 Å². The van der Waals surface area contributed by atoms with Crippen LogP contribution in [0.2, 0.25) is 0 Å². The van der Waals surface area contributed by atoms with Crippen molar-refractivity contribution in [2.45, 2.75) is 0 Å². The summed E-state index contributed by atoms with van der Waals surface area (Å²) < 4.78 is 0. The fraction of sp³-hybridized carbons (Fsp3) is 0.0400. The summed E-state index contributed by atoms with van der Waals surface area (Å²) in [5.74, 6) is 4.69. The smallest absolute Gasteiger partial charge is 0.00405 e. The summed E-state index contributed by atoms with van der Waals surface area (Å²) in [6.07, 6.45) is 0. The van der Waals surface area contributed by atoms with Crippen LogP contribution >= 0.6 is 63.4 Å². The van der Waals surface area contributed by atoms with Gasteiger partial charge in [-0.05, 0) is 148 Å². The molecule has 0 atom stereocenters. The van der Waals surface area contributed by atoms with Gasteiger partial charge in [0.15, 0.2) is 0 Å². The third kappa shape index (κ3) is 24.6. The SMILES string of the molecule is [ReH4].[ReH4].c1ccc(P(CP(c2ccccc2)c2ccccc2)c2ccccc2)cc1.c1ccc(P(CP(c2ccccc2)c2ccccc2)c2ccccc2)cc1.c1ccc(P(CP(c2ccccc2)c2ccccc2)c2ccccc2)cc1.c1ccc(P(CP(c2ccccc2)c2ccccc2)c2ccccc2)cc1. The van der Waals surface area contributed by atoms with Crippen LogP contribution in [0.3, 0.4) is 0 Å². The minimum Gasteiger partial charge on any atom is -0.0622 e. The predicted molar refractivity (Wildman–Crippen MR) is 503 cm³/mol. The van der Waals surface area contributed by atoms with Gasteiger partial charge in [-0.1, -0.05) is 485 Å². The van der Waals surface area contributed by atoms with Gasteiger partial charge in [-0.15, -0.1) is 0 Å². The molecule has 0 aromatic heterocycles. The molecule has 10 heteroatoms. The van der Waals surface area contributed by atoms with Crippen LogP contribution in [0.5, 0.6) is 0 Å². The molecule has 16 rings (SSSR count). The van der Waals surface area contributed by atoms with Crippen LogP contribution in [0.1, 0.15) is 0 Å². The summed E-state index contributed by atoms with van der Waals surface area (Å²) in [5.41, 5.74) is 0. The Kier molecular flexibility index (Phi) is 35.0. The second kappa shape index (κ2) is 46.3. The summed E-state index contributed by atoms with van der Waals surface area (Å²) in [7, 11) is -3.27. The van der Waals surface area contributed by atoms with Crippen molar-refractivity contribution in [2.24, 2.45) is 0 Å². The van der Waals surface area contributed by atoms with Crippen molar-refractivity contribution in [3.8, 4) is 0 Å². The second-order valence-corrected chi connectivity index (χ2v) is 45.0. The largest absolute Gasteiger partial charge is 0.0622 e. The Morgan fingerprint density at radius 3 is 0.200 bits per heavy atom. The first-order valence-corrected chi connectivity index (χ1v) is 48.9. The normalized spacial score (nSPS) is 10.8. The minimum atomic E-state index is -0.409. The van der Waals surface area contributed by atoms with E-state index in [1.165, 1.54) is 108 Å². The molecule has 0 spiro atoms. The maximum Gasteiger partial charge on any atom is 0.00405 e. The van der Waals surface area contributed by atoms with Gasteiger partial charge in [0.05, 0.1) is 0 Å². The number of hydrogen-bond acceptors (Lipinski definition) is 0. The molecule has 0 bridgehead atoms. The Balaban J connectivity index is 0.000000145. The third-order valence-corrected chi connectivity index (χ3v) is 42.0. The van der Waals surface area contributed by atoms with Crippen LogP contribution < -0.4 is 84.9 Å². The van der Waals surface area contributed by atoms with E-state index in [0.717, 1.165) is 0 Å². The first kappa shape index (κ1) is 83.2. The summed E-state index contributed by atoms with van der Waals surface area (Å²) in [5, 5.41) is 23.3. The minimum absolute atomic E-state index is 0. The van der Waals surface area contributed by atoms with E-state index in [9.17, 15) is 0 Å². The predicted octanol–water partition coefficient (Wildman–Crippen LogP) is 18.7. The molecule has 0 aliphatic carbocycles. The quantitative estimate of drug-likeness (QED) is 0.0529. The fourth-order valence-electron chi connectivity index (χ4n) is 12.8. The molecule has 0 unspecified atom stereocenters. The Bertz CT molecular complexity index is 3780. The Labute approximate surface area is 691 Å². The molecule has 0 nitrogen and oxygen atoms in total. The van der Waals surface area contributed by atoms with Gasteiger partial charge in [0.1, 0.15) is 0 Å². The van der Waals surface area contributed by atoms with E-state index in [-0.39, 0.29) is 40.8 Å². The summed E-state index contributed by atoms with van der Waals surface area (Å²) in [6.45, 7) is 0. The molecule has 0 N–H and O–H groups in total. The van der Waals surface area contributed by atoms with Crippen molar-refractivity contribution in [3.05, 3.63) is 485 Å². The van der Waals surface area contributed by atoms with Gasteiger partial charge in [-0.2, -0.15) is 0 Å². The fourth-order valence-corrected chi connectivity index (χ4v) is 38.7. The molecule has 16 aromatic carbocycles. The third-order valence-electron chi connectivity index (χ3n) is 18.2. The van der Waals surface area contributed by atoms with Crippen LogP contribution in [0.4, 0.5) is 0 Å². The molecule has 110 heavy (non-hydrogen) atoms. The van der Waals surface area contributed by atoms with E-state index in [1.807, 2.05) is 0 Å². The van der Waals surface area contributed by atoms with Crippen molar-refractivity contribution in [1.82, 2.24) is 0 Å². The van der Waals surface area contributed by atoms with Gasteiger partial charge < -0.3 is 0 Å². The summed E-state index contributed by atoms with van der Waals surface area (Å²) in [4.78, 5) is 0. The molecule has 0 amide bonds. The van der Waals surface area contributed by atoms with E-state index in [0.29, 0.717) is 0 Å². The van der Waals surface area contributed by atoms with Crippen molar-refractivity contribution < 1.29 is 40.8 Å². The molecule has 0 saturated heterocycles. The van der Waals surface area contributed by atoms with E-state index < -0.39 is 63.4 Å². The van der Waals surface area contributed by atoms with Gasteiger partial charge >= 0.3 is 40.8 Å². The molecular weight excluding hydrogens is 1820 g/mol. The molecular formula is C100H96P8Re2. The first-order valence-electron chi connectivity index (χ1n) is 36.7. The van der Waals surface area contributed by atoms with Gasteiger partial charge in [0, 0.05) is 23.6 Å². The topological polar surface area (TPSA) is 0 Å². The first-order chi connectivity index (χ1) is 53.7. The molecule has 0 fully saturated rings. The van der Waals surface area contributed by atoms with Crippen molar-refractivity contribution in [3.63, 3.8) is 0 Å². The van der Waals surface area contributed by atoms with Gasteiger partial charge in [0.2, 0.25) is 0 Å². The molecule has 16 aromatic rings. The van der Waals surface area contributed by atoms with Gasteiger partial charge in [-0.25, -0.2) is 0 Å². The summed E-state index contributed by atoms with van der Waals surface area (Å²) in [6, 6.07) is 177. The van der Waals surface area contributed by atoms with Crippen LogP contribution in [-0.2, 0) is 40.8 Å². The van der Waals surface area contributed by atoms with Crippen LogP contribution in [-0.4, -0.2) is 23.6 Å². The number of rotatable bonds is 24. The average molecular weight is 1920 g/mol. The Hall–Kier alpha value is -7.72. The van der Waals surface area contributed by atoms with Crippen LogP contribution in [0, 0.1) is 0 Å². The standard InChI is InChI=1S/4C25H22P2.2Re.8H/c4*1-5-13-22(14-6-1)26(23-15-7-2-8-16-23)21-27(24-17-9-3-10-18-24)25-19-11-4-12-20-25;;;;;;;;;;/h4*1-20H,21H2;;;;;;;;;;. The maximum atomic E-state index is 2.29. The molecule has 0 aliphatic rings. The molecule has 0 saturated carbocycles. The van der Waals surface area contributed by atoms with E-state index in [4.69, 9.17) is 0 Å². The van der Waals surface area contributed by atoms with Crippen LogP contribution in [0.15, 0.2) is 485 Å². The van der Waals surface area contributed by atoms with E-state index in [1.54, 1.807) is 0 Å². The average Bonchev–Trinajstić information content (AvgIpc) is 0.830. The molecule has 0 heterocycles. The zero-order valence-corrected chi connectivity index (χ0v) is 77.2. The van der Waals surface area contributed by atoms with E-state index >= 15 is 0 Å². The monoisotopic (exact) mass is 1920 g/mol. The molecule has 2 radical (unpaired) electrons. The maximum absolute atomic E-state index is 2.29. The van der Waals surface area contributed by atoms with Crippen molar-refractivity contribution in [1.29, 1.82) is 0 Å². The van der Waals surface area contributed by atoms with Crippen molar-refractivity contribution >= 4 is 148 Å². The van der Waals surface area contributed by atoms with Crippen molar-refractivity contribution in [2.75, 3.05) is 23.6 Å². The zero-order valence-electron chi connectivity index (χ0n) is 61.7. The summed E-state index contributed by atoms with van der Waals surface area (Å²) >= 11 is 0. The zero-order chi connectivity index (χ0) is 73.3. The van der Waals surface area contributed by atoms with E-state index in [2.05, 4.69) is 485 Å². The Morgan fingerprint density at radius 2 is 0.145 bits per heavy atom. The second-order valence-electron chi connectivity index (χ2n) is 25.4. The van der Waals surface area contributed by atoms with Gasteiger partial charge in [-0.3, -0.25) is 0 Å². The molecule has 0 aliphatic heterocycles. The number of benzene rings is 16. The number of hydrogen-bond donors (Lipinski definition) is 0. The molecule has 550 valence electrons.